The molecule has 0 radical (unpaired) electrons. The van der Waals surface area contributed by atoms with Crippen LogP contribution in [0.15, 0.2) is 0 Å². The van der Waals surface area contributed by atoms with E-state index in [0.29, 0.717) is 18.8 Å². The van der Waals surface area contributed by atoms with E-state index in [2.05, 4.69) is 19.2 Å². The molecule has 1 saturated carbocycles. The molecule has 0 heterocycles. The Morgan fingerprint density at radius 2 is 2.20 bits per heavy atom. The maximum absolute atomic E-state index is 5.90. The van der Waals surface area contributed by atoms with Crippen LogP contribution in [0.3, 0.4) is 0 Å². The summed E-state index contributed by atoms with van der Waals surface area (Å²) in [5.74, 6) is 0. The molecule has 0 aromatic carbocycles. The van der Waals surface area contributed by atoms with Crippen molar-refractivity contribution in [3.8, 4) is 0 Å². The molecule has 3 atom stereocenters. The van der Waals surface area contributed by atoms with Crippen LogP contribution in [-0.2, 0) is 9.47 Å². The molecule has 0 saturated heterocycles. The predicted octanol–water partition coefficient (Wildman–Crippen LogP) is 1.96. The number of methoxy groups -OCH3 is 1. The van der Waals surface area contributed by atoms with Crippen LogP contribution in [0, 0.1) is 0 Å². The third-order valence-electron chi connectivity index (χ3n) is 2.89. The zero-order chi connectivity index (χ0) is 11.1. The number of hydrogen-bond donors (Lipinski definition) is 1. The van der Waals surface area contributed by atoms with E-state index in [9.17, 15) is 0 Å². The van der Waals surface area contributed by atoms with E-state index in [-0.39, 0.29) is 6.10 Å². The Morgan fingerprint density at radius 3 is 2.87 bits per heavy atom. The third kappa shape index (κ3) is 4.96. The fourth-order valence-electron chi connectivity index (χ4n) is 2.20. The summed E-state index contributed by atoms with van der Waals surface area (Å²) in [6, 6.07) is 0.671. The minimum Gasteiger partial charge on any atom is -0.382 e. The first-order valence-electron chi connectivity index (χ1n) is 6.14. The van der Waals surface area contributed by atoms with Crippen molar-refractivity contribution in [2.45, 2.75) is 57.8 Å². The highest BCUT2D eigenvalue weighted by Gasteiger charge is 2.25. The van der Waals surface area contributed by atoms with Gasteiger partial charge in [0.2, 0.25) is 0 Å². The van der Waals surface area contributed by atoms with Crippen LogP contribution in [-0.4, -0.2) is 38.5 Å². The van der Waals surface area contributed by atoms with E-state index in [4.69, 9.17) is 9.47 Å². The summed E-state index contributed by atoms with van der Waals surface area (Å²) in [6.07, 6.45) is 5.48. The lowest BCUT2D eigenvalue weighted by Gasteiger charge is -2.18. The summed E-state index contributed by atoms with van der Waals surface area (Å²) < 4.78 is 11.0. The molecule has 1 rings (SSSR count). The summed E-state index contributed by atoms with van der Waals surface area (Å²) in [5.41, 5.74) is 0. The first kappa shape index (κ1) is 12.9. The van der Waals surface area contributed by atoms with Crippen molar-refractivity contribution in [2.75, 3.05) is 20.3 Å². The topological polar surface area (TPSA) is 30.5 Å². The normalized spacial score (nSPS) is 28.2. The minimum atomic E-state index is 0.227. The van der Waals surface area contributed by atoms with E-state index < -0.39 is 0 Å². The van der Waals surface area contributed by atoms with Gasteiger partial charge < -0.3 is 14.8 Å². The number of nitrogens with one attached hydrogen (secondary N) is 1. The summed E-state index contributed by atoms with van der Waals surface area (Å²) in [4.78, 5) is 0. The maximum Gasteiger partial charge on any atom is 0.0784 e. The van der Waals surface area contributed by atoms with Gasteiger partial charge in [-0.15, -0.1) is 0 Å². The van der Waals surface area contributed by atoms with Crippen molar-refractivity contribution in [3.05, 3.63) is 0 Å². The van der Waals surface area contributed by atoms with Gasteiger partial charge in [-0.3, -0.25) is 0 Å². The van der Waals surface area contributed by atoms with Crippen LogP contribution >= 0.6 is 0 Å². The molecule has 1 N–H and O–H groups in total. The monoisotopic (exact) mass is 215 g/mol. The van der Waals surface area contributed by atoms with Crippen LogP contribution in [0.4, 0.5) is 0 Å². The first-order chi connectivity index (χ1) is 7.26. The van der Waals surface area contributed by atoms with Gasteiger partial charge in [-0.1, -0.05) is 6.92 Å². The second kappa shape index (κ2) is 7.20. The van der Waals surface area contributed by atoms with Gasteiger partial charge in [-0.25, -0.2) is 0 Å². The molecule has 0 amide bonds. The van der Waals surface area contributed by atoms with Crippen LogP contribution in [0.1, 0.15) is 39.5 Å². The van der Waals surface area contributed by atoms with Crippen LogP contribution in [0.2, 0.25) is 0 Å². The van der Waals surface area contributed by atoms with Crippen LogP contribution in [0.25, 0.3) is 0 Å². The Balaban J connectivity index is 2.12. The molecule has 0 aromatic heterocycles. The SMILES string of the molecule is CCCNC1CCC(OC(C)COC)C1. The Kier molecular flexibility index (Phi) is 6.22. The highest BCUT2D eigenvalue weighted by molar-refractivity contribution is 4.81. The fourth-order valence-corrected chi connectivity index (χ4v) is 2.20. The van der Waals surface area contributed by atoms with Gasteiger partial charge in [0, 0.05) is 13.2 Å². The standard InChI is InChI=1S/C12H25NO2/c1-4-7-13-11-5-6-12(8-11)15-10(2)9-14-3/h10-13H,4-9H2,1-3H3. The van der Waals surface area contributed by atoms with Crippen molar-refractivity contribution < 1.29 is 9.47 Å². The van der Waals surface area contributed by atoms with E-state index in [0.717, 1.165) is 13.0 Å². The Bertz CT molecular complexity index is 164. The molecule has 3 unspecified atom stereocenters. The highest BCUT2D eigenvalue weighted by atomic mass is 16.5. The minimum absolute atomic E-state index is 0.227. The zero-order valence-electron chi connectivity index (χ0n) is 10.3. The number of rotatable bonds is 7. The van der Waals surface area contributed by atoms with Gasteiger partial charge in [0.25, 0.3) is 0 Å². The van der Waals surface area contributed by atoms with Crippen molar-refractivity contribution in [3.63, 3.8) is 0 Å². The molecule has 1 aliphatic carbocycles. The Morgan fingerprint density at radius 1 is 1.40 bits per heavy atom. The van der Waals surface area contributed by atoms with Crippen molar-refractivity contribution in [1.82, 2.24) is 5.32 Å². The fraction of sp³-hybridized carbons (Fsp3) is 1.00. The maximum atomic E-state index is 5.90. The largest absolute Gasteiger partial charge is 0.382 e. The molecule has 0 aliphatic heterocycles. The number of hydrogen-bond acceptors (Lipinski definition) is 3. The zero-order valence-corrected chi connectivity index (χ0v) is 10.3. The summed E-state index contributed by atoms with van der Waals surface area (Å²) in [6.45, 7) is 6.11. The van der Waals surface area contributed by atoms with Crippen LogP contribution < -0.4 is 5.32 Å². The van der Waals surface area contributed by atoms with Gasteiger partial charge in [0.1, 0.15) is 0 Å². The molecule has 1 aliphatic rings. The van der Waals surface area contributed by atoms with Crippen molar-refractivity contribution in [1.29, 1.82) is 0 Å². The van der Waals surface area contributed by atoms with Gasteiger partial charge in [-0.05, 0) is 39.2 Å². The van der Waals surface area contributed by atoms with Gasteiger partial charge in [0.15, 0.2) is 0 Å². The van der Waals surface area contributed by atoms with E-state index in [1.807, 2.05) is 0 Å². The second-order valence-corrected chi connectivity index (χ2v) is 4.49. The first-order valence-corrected chi connectivity index (χ1v) is 6.14. The average molecular weight is 215 g/mol. The van der Waals surface area contributed by atoms with Gasteiger partial charge >= 0.3 is 0 Å². The average Bonchev–Trinajstić information content (AvgIpc) is 2.63. The molecule has 0 bridgehead atoms. The Labute approximate surface area is 93.5 Å². The van der Waals surface area contributed by atoms with Crippen LogP contribution in [0.5, 0.6) is 0 Å². The van der Waals surface area contributed by atoms with E-state index in [1.54, 1.807) is 7.11 Å². The predicted molar refractivity (Wildman–Crippen MR) is 62.1 cm³/mol. The molecule has 3 heteroatoms. The molecular formula is C12H25NO2. The smallest absolute Gasteiger partial charge is 0.0784 e. The lowest BCUT2D eigenvalue weighted by Crippen LogP contribution is -2.29. The van der Waals surface area contributed by atoms with Crippen molar-refractivity contribution >= 4 is 0 Å². The lowest BCUT2D eigenvalue weighted by molar-refractivity contribution is -0.0360. The molecule has 15 heavy (non-hydrogen) atoms. The summed E-state index contributed by atoms with van der Waals surface area (Å²) in [7, 11) is 1.72. The second-order valence-electron chi connectivity index (χ2n) is 4.49. The third-order valence-corrected chi connectivity index (χ3v) is 2.89. The van der Waals surface area contributed by atoms with E-state index >= 15 is 0 Å². The molecule has 3 nitrogen and oxygen atoms in total. The lowest BCUT2D eigenvalue weighted by atomic mass is 10.2. The van der Waals surface area contributed by atoms with Gasteiger partial charge in [-0.2, -0.15) is 0 Å². The van der Waals surface area contributed by atoms with E-state index in [1.165, 1.54) is 19.3 Å². The highest BCUT2D eigenvalue weighted by Crippen LogP contribution is 2.23. The van der Waals surface area contributed by atoms with Gasteiger partial charge in [0.05, 0.1) is 18.8 Å². The Hall–Kier alpha value is -0.120. The quantitative estimate of drug-likeness (QED) is 0.704. The number of ether oxygens (including phenoxy) is 2. The van der Waals surface area contributed by atoms with Crippen molar-refractivity contribution in [2.24, 2.45) is 0 Å². The molecular weight excluding hydrogens is 190 g/mol. The molecule has 1 fully saturated rings. The molecule has 90 valence electrons. The molecule has 0 spiro atoms. The molecule has 0 aromatic rings. The summed E-state index contributed by atoms with van der Waals surface area (Å²) in [5, 5.41) is 3.56. The summed E-state index contributed by atoms with van der Waals surface area (Å²) >= 11 is 0.